The van der Waals surface area contributed by atoms with Gasteiger partial charge in [0.05, 0.1) is 0 Å². The molecule has 82 valence electrons. The minimum absolute atomic E-state index is 0.675. The maximum atomic E-state index is 3.58. The van der Waals surface area contributed by atoms with Crippen LogP contribution in [0.1, 0.15) is 39.5 Å². The number of fused-ring (bicyclic) bond motifs is 2. The number of hydrogen-bond acceptors (Lipinski definition) is 2. The van der Waals surface area contributed by atoms with E-state index >= 15 is 0 Å². The van der Waals surface area contributed by atoms with Crippen molar-refractivity contribution in [1.29, 1.82) is 0 Å². The van der Waals surface area contributed by atoms with Gasteiger partial charge in [0.2, 0.25) is 0 Å². The van der Waals surface area contributed by atoms with E-state index in [0.717, 1.165) is 12.0 Å². The summed E-state index contributed by atoms with van der Waals surface area (Å²) in [5.41, 5.74) is 0. The quantitative estimate of drug-likeness (QED) is 0.722. The number of piperidine rings is 1. The molecule has 2 heteroatoms. The van der Waals surface area contributed by atoms with Gasteiger partial charge in [-0.3, -0.25) is 4.90 Å². The lowest BCUT2D eigenvalue weighted by molar-refractivity contribution is 0.195. The summed E-state index contributed by atoms with van der Waals surface area (Å²) in [6.45, 7) is 8.37. The summed E-state index contributed by atoms with van der Waals surface area (Å²) in [6.07, 6.45) is 5.69. The summed E-state index contributed by atoms with van der Waals surface area (Å²) in [6, 6.07) is 1.61. The van der Waals surface area contributed by atoms with Crippen molar-refractivity contribution in [3.8, 4) is 0 Å². The third-order valence-corrected chi connectivity index (χ3v) is 3.77. The van der Waals surface area contributed by atoms with Gasteiger partial charge < -0.3 is 5.32 Å². The monoisotopic (exact) mass is 196 g/mol. The smallest absolute Gasteiger partial charge is 0.0166 e. The van der Waals surface area contributed by atoms with Crippen LogP contribution in [0.3, 0.4) is 0 Å². The molecule has 1 saturated carbocycles. The molecule has 0 aromatic rings. The average Bonchev–Trinajstić information content (AvgIpc) is 2.76. The molecule has 1 aliphatic carbocycles. The zero-order valence-electron chi connectivity index (χ0n) is 9.63. The summed E-state index contributed by atoms with van der Waals surface area (Å²) in [5.74, 6) is 1.04. The molecule has 2 nitrogen and oxygen atoms in total. The Kier molecular flexibility index (Phi) is 3.45. The number of likely N-dealkylation sites (tertiary alicyclic amines) is 1. The van der Waals surface area contributed by atoms with Crippen molar-refractivity contribution < 1.29 is 0 Å². The van der Waals surface area contributed by atoms with E-state index in [1.54, 1.807) is 0 Å². The molecule has 0 aromatic heterocycles. The molecule has 14 heavy (non-hydrogen) atoms. The zero-order valence-corrected chi connectivity index (χ0v) is 9.63. The van der Waals surface area contributed by atoms with Gasteiger partial charge in [0.1, 0.15) is 0 Å². The van der Waals surface area contributed by atoms with Gasteiger partial charge in [-0.2, -0.15) is 0 Å². The molecule has 2 rings (SSSR count). The highest BCUT2D eigenvalue weighted by Gasteiger charge is 2.37. The van der Waals surface area contributed by atoms with E-state index in [1.807, 2.05) is 0 Å². The second-order valence-corrected chi connectivity index (χ2v) is 5.14. The predicted octanol–water partition coefficient (Wildman–Crippen LogP) is 1.86. The van der Waals surface area contributed by atoms with Crippen LogP contribution in [0, 0.1) is 5.92 Å². The van der Waals surface area contributed by atoms with E-state index in [9.17, 15) is 0 Å². The van der Waals surface area contributed by atoms with Gasteiger partial charge in [-0.05, 0) is 45.1 Å². The van der Waals surface area contributed by atoms with Crippen LogP contribution in [-0.2, 0) is 0 Å². The Morgan fingerprint density at radius 2 is 2.29 bits per heavy atom. The molecule has 2 bridgehead atoms. The van der Waals surface area contributed by atoms with Gasteiger partial charge in [0.15, 0.2) is 0 Å². The van der Waals surface area contributed by atoms with Crippen LogP contribution in [0.4, 0.5) is 0 Å². The van der Waals surface area contributed by atoms with Gasteiger partial charge >= 0.3 is 0 Å². The van der Waals surface area contributed by atoms with Gasteiger partial charge in [-0.1, -0.05) is 6.92 Å². The lowest BCUT2D eigenvalue weighted by Crippen LogP contribution is -2.42. The third-order valence-electron chi connectivity index (χ3n) is 3.77. The van der Waals surface area contributed by atoms with E-state index in [-0.39, 0.29) is 0 Å². The van der Waals surface area contributed by atoms with Crippen molar-refractivity contribution in [3.05, 3.63) is 0 Å². The maximum Gasteiger partial charge on any atom is 0.0166 e. The molecule has 1 N–H and O–H groups in total. The highest BCUT2D eigenvalue weighted by molar-refractivity contribution is 4.92. The molecule has 2 aliphatic rings. The highest BCUT2D eigenvalue weighted by atomic mass is 15.2. The van der Waals surface area contributed by atoms with Gasteiger partial charge in [0.25, 0.3) is 0 Å². The Hall–Kier alpha value is -0.0800. The van der Waals surface area contributed by atoms with Crippen molar-refractivity contribution in [1.82, 2.24) is 10.2 Å². The second-order valence-electron chi connectivity index (χ2n) is 5.14. The first-order valence-corrected chi connectivity index (χ1v) is 6.27. The van der Waals surface area contributed by atoms with E-state index in [4.69, 9.17) is 0 Å². The standard InChI is InChI=1S/C12H24N2/c1-3-6-13-10(2)8-14-9-11-4-5-12(14)7-11/h10-13H,3-9H2,1-2H3. The molecule has 1 heterocycles. The molecular weight excluding hydrogens is 172 g/mol. The number of nitrogens with one attached hydrogen (secondary N) is 1. The Morgan fingerprint density at radius 1 is 1.43 bits per heavy atom. The number of rotatable bonds is 5. The molecule has 0 amide bonds. The van der Waals surface area contributed by atoms with Crippen LogP contribution in [0.15, 0.2) is 0 Å². The van der Waals surface area contributed by atoms with Crippen molar-refractivity contribution in [2.24, 2.45) is 5.92 Å². The van der Waals surface area contributed by atoms with Gasteiger partial charge in [-0.15, -0.1) is 0 Å². The summed E-state index contributed by atoms with van der Waals surface area (Å²) >= 11 is 0. The predicted molar refractivity (Wildman–Crippen MR) is 60.5 cm³/mol. The van der Waals surface area contributed by atoms with Gasteiger partial charge in [-0.25, -0.2) is 0 Å². The summed E-state index contributed by atoms with van der Waals surface area (Å²) in [5, 5.41) is 3.58. The topological polar surface area (TPSA) is 15.3 Å². The van der Waals surface area contributed by atoms with Crippen molar-refractivity contribution in [3.63, 3.8) is 0 Å². The average molecular weight is 196 g/mol. The number of hydrogen-bond donors (Lipinski definition) is 1. The van der Waals surface area contributed by atoms with E-state index < -0.39 is 0 Å². The third kappa shape index (κ3) is 2.29. The minimum Gasteiger partial charge on any atom is -0.313 e. The Bertz CT molecular complexity index is 181. The molecule has 0 spiro atoms. The molecular formula is C12H24N2. The van der Waals surface area contributed by atoms with Crippen LogP contribution in [0.25, 0.3) is 0 Å². The first-order valence-electron chi connectivity index (χ1n) is 6.27. The molecule has 2 fully saturated rings. The van der Waals surface area contributed by atoms with Crippen LogP contribution in [0.5, 0.6) is 0 Å². The largest absolute Gasteiger partial charge is 0.313 e. The molecule has 1 aliphatic heterocycles. The summed E-state index contributed by atoms with van der Waals surface area (Å²) in [7, 11) is 0. The van der Waals surface area contributed by atoms with Crippen LogP contribution in [0.2, 0.25) is 0 Å². The normalized spacial score (nSPS) is 33.9. The molecule has 0 radical (unpaired) electrons. The summed E-state index contributed by atoms with van der Waals surface area (Å²) < 4.78 is 0. The second kappa shape index (κ2) is 4.63. The molecule has 3 atom stereocenters. The fourth-order valence-corrected chi connectivity index (χ4v) is 3.06. The lowest BCUT2D eigenvalue weighted by atomic mass is 10.1. The first-order chi connectivity index (χ1) is 6.79. The molecule has 1 saturated heterocycles. The zero-order chi connectivity index (χ0) is 9.97. The van der Waals surface area contributed by atoms with Crippen molar-refractivity contribution >= 4 is 0 Å². The highest BCUT2D eigenvalue weighted by Crippen LogP contribution is 2.37. The first kappa shape index (κ1) is 10.4. The fourth-order valence-electron chi connectivity index (χ4n) is 3.06. The number of nitrogens with zero attached hydrogens (tertiary/aromatic N) is 1. The maximum absolute atomic E-state index is 3.58. The Balaban J connectivity index is 1.70. The summed E-state index contributed by atoms with van der Waals surface area (Å²) in [4.78, 5) is 2.71. The fraction of sp³-hybridized carbons (Fsp3) is 1.00. The van der Waals surface area contributed by atoms with E-state index in [1.165, 1.54) is 45.3 Å². The van der Waals surface area contributed by atoms with Crippen LogP contribution < -0.4 is 5.32 Å². The van der Waals surface area contributed by atoms with Crippen LogP contribution >= 0.6 is 0 Å². The van der Waals surface area contributed by atoms with Crippen molar-refractivity contribution in [2.75, 3.05) is 19.6 Å². The Labute approximate surface area is 88.1 Å². The Morgan fingerprint density at radius 3 is 2.86 bits per heavy atom. The lowest BCUT2D eigenvalue weighted by Gasteiger charge is -2.29. The van der Waals surface area contributed by atoms with E-state index in [0.29, 0.717) is 6.04 Å². The molecule has 0 aromatic carbocycles. The SMILES string of the molecule is CCCNC(C)CN1CC2CCC1C2. The minimum atomic E-state index is 0.675. The van der Waals surface area contributed by atoms with Crippen molar-refractivity contribution in [2.45, 2.75) is 51.6 Å². The van der Waals surface area contributed by atoms with E-state index in [2.05, 4.69) is 24.1 Å². The van der Waals surface area contributed by atoms with Crippen LogP contribution in [-0.4, -0.2) is 36.6 Å². The van der Waals surface area contributed by atoms with Gasteiger partial charge in [0, 0.05) is 25.2 Å². The molecule has 3 unspecified atom stereocenters.